The average molecular weight is 244 g/mol. The summed E-state index contributed by atoms with van der Waals surface area (Å²) in [6, 6.07) is 7.11. The van der Waals surface area contributed by atoms with E-state index in [1.807, 2.05) is 13.0 Å². The van der Waals surface area contributed by atoms with Crippen LogP contribution in [0, 0.1) is 0 Å². The fraction of sp³-hybridized carbons (Fsp3) is 0.364. The fourth-order valence-corrected chi connectivity index (χ4v) is 1.39. The molecule has 1 aromatic rings. The van der Waals surface area contributed by atoms with Crippen molar-refractivity contribution in [3.05, 3.63) is 29.3 Å². The molecule has 0 bridgehead atoms. The Bertz CT molecular complexity index is 357. The number of nitrogens with one attached hydrogen (secondary N) is 1. The molecule has 1 amide bonds. The van der Waals surface area contributed by atoms with Crippen LogP contribution in [0.4, 0.5) is 4.79 Å². The predicted octanol–water partition coefficient (Wildman–Crippen LogP) is 2.77. The van der Waals surface area contributed by atoms with Crippen LogP contribution >= 0.6 is 11.6 Å². The molecule has 1 atom stereocenters. The number of carboxylic acid groups (broad SMARTS) is 1. The lowest BCUT2D eigenvalue weighted by molar-refractivity contribution is 0.186. The first-order valence-corrected chi connectivity index (χ1v) is 5.35. The van der Waals surface area contributed by atoms with Crippen LogP contribution in [0.1, 0.15) is 13.3 Å². The van der Waals surface area contributed by atoms with Gasteiger partial charge in [0.25, 0.3) is 0 Å². The van der Waals surface area contributed by atoms with Crippen LogP contribution in [0.5, 0.6) is 5.75 Å². The lowest BCUT2D eigenvalue weighted by Crippen LogP contribution is -2.26. The Balaban J connectivity index is 2.33. The van der Waals surface area contributed by atoms with E-state index in [4.69, 9.17) is 21.4 Å². The molecule has 88 valence electrons. The second kappa shape index (κ2) is 6.23. The zero-order chi connectivity index (χ0) is 12.0. The first kappa shape index (κ1) is 12.6. The van der Waals surface area contributed by atoms with Gasteiger partial charge in [0.2, 0.25) is 0 Å². The smallest absolute Gasteiger partial charge is 0.404 e. The van der Waals surface area contributed by atoms with Gasteiger partial charge in [-0.2, -0.15) is 0 Å². The molecule has 0 heterocycles. The van der Waals surface area contributed by atoms with E-state index in [2.05, 4.69) is 5.32 Å². The minimum atomic E-state index is -1.02. The summed E-state index contributed by atoms with van der Waals surface area (Å²) >= 11 is 5.80. The Morgan fingerprint density at radius 1 is 1.62 bits per heavy atom. The van der Waals surface area contributed by atoms with Crippen molar-refractivity contribution in [3.63, 3.8) is 0 Å². The molecule has 0 saturated heterocycles. The van der Waals surface area contributed by atoms with Crippen LogP contribution in [0.25, 0.3) is 0 Å². The number of rotatable bonds is 5. The monoisotopic (exact) mass is 243 g/mol. The standard InChI is InChI=1S/C11H14ClNO3/c1-8(5-6-13-11(14)15)16-10-4-2-3-9(12)7-10/h2-4,7-8,13H,5-6H2,1H3,(H,14,15). The van der Waals surface area contributed by atoms with Gasteiger partial charge in [-0.15, -0.1) is 0 Å². The third-order valence-corrected chi connectivity index (χ3v) is 2.20. The maximum absolute atomic E-state index is 10.2. The SMILES string of the molecule is CC(CCNC(=O)O)Oc1cccc(Cl)c1. The van der Waals surface area contributed by atoms with Crippen molar-refractivity contribution < 1.29 is 14.6 Å². The second-order valence-electron chi connectivity index (χ2n) is 3.41. The number of benzene rings is 1. The van der Waals surface area contributed by atoms with Gasteiger partial charge in [-0.05, 0) is 25.1 Å². The van der Waals surface area contributed by atoms with E-state index in [1.165, 1.54) is 0 Å². The zero-order valence-electron chi connectivity index (χ0n) is 8.94. The molecule has 0 aliphatic carbocycles. The zero-order valence-corrected chi connectivity index (χ0v) is 9.70. The highest BCUT2D eigenvalue weighted by molar-refractivity contribution is 6.30. The van der Waals surface area contributed by atoms with Crippen molar-refractivity contribution in [2.45, 2.75) is 19.4 Å². The van der Waals surface area contributed by atoms with Crippen molar-refractivity contribution in [2.24, 2.45) is 0 Å². The van der Waals surface area contributed by atoms with Gasteiger partial charge < -0.3 is 15.2 Å². The summed E-state index contributed by atoms with van der Waals surface area (Å²) in [4.78, 5) is 10.2. The van der Waals surface area contributed by atoms with Crippen molar-refractivity contribution in [2.75, 3.05) is 6.54 Å². The number of hydrogen-bond acceptors (Lipinski definition) is 2. The van der Waals surface area contributed by atoms with E-state index in [-0.39, 0.29) is 6.10 Å². The fourth-order valence-electron chi connectivity index (χ4n) is 1.21. The number of amides is 1. The van der Waals surface area contributed by atoms with Crippen molar-refractivity contribution >= 4 is 17.7 Å². The Morgan fingerprint density at radius 2 is 2.38 bits per heavy atom. The number of hydrogen-bond donors (Lipinski definition) is 2. The molecule has 2 N–H and O–H groups in total. The van der Waals surface area contributed by atoms with Crippen LogP contribution in [0.2, 0.25) is 5.02 Å². The molecule has 1 aromatic carbocycles. The van der Waals surface area contributed by atoms with Gasteiger partial charge in [-0.3, -0.25) is 0 Å². The minimum absolute atomic E-state index is 0.0645. The Morgan fingerprint density at radius 3 is 3.00 bits per heavy atom. The van der Waals surface area contributed by atoms with Gasteiger partial charge >= 0.3 is 6.09 Å². The average Bonchev–Trinajstić information content (AvgIpc) is 2.16. The summed E-state index contributed by atoms with van der Waals surface area (Å²) < 4.78 is 5.56. The van der Waals surface area contributed by atoms with E-state index in [1.54, 1.807) is 18.2 Å². The van der Waals surface area contributed by atoms with E-state index in [0.717, 1.165) is 0 Å². The Kier molecular flexibility index (Phi) is 4.92. The lowest BCUT2D eigenvalue weighted by Gasteiger charge is -2.14. The summed E-state index contributed by atoms with van der Waals surface area (Å²) in [5, 5.41) is 11.3. The molecular weight excluding hydrogens is 230 g/mol. The van der Waals surface area contributed by atoms with Crippen molar-refractivity contribution in [1.82, 2.24) is 5.32 Å². The third kappa shape index (κ3) is 4.89. The molecule has 1 rings (SSSR count). The first-order valence-electron chi connectivity index (χ1n) is 4.97. The molecule has 5 heteroatoms. The molecule has 0 aromatic heterocycles. The second-order valence-corrected chi connectivity index (χ2v) is 3.84. The van der Waals surface area contributed by atoms with Crippen LogP contribution in [0.15, 0.2) is 24.3 Å². The number of halogens is 1. The molecule has 4 nitrogen and oxygen atoms in total. The van der Waals surface area contributed by atoms with Crippen LogP contribution < -0.4 is 10.1 Å². The first-order chi connectivity index (χ1) is 7.58. The van der Waals surface area contributed by atoms with Crippen LogP contribution in [0.3, 0.4) is 0 Å². The van der Waals surface area contributed by atoms with E-state index < -0.39 is 6.09 Å². The van der Waals surface area contributed by atoms with Crippen molar-refractivity contribution in [1.29, 1.82) is 0 Å². The highest BCUT2D eigenvalue weighted by atomic mass is 35.5. The summed E-state index contributed by atoms with van der Waals surface area (Å²) in [5.74, 6) is 0.690. The lowest BCUT2D eigenvalue weighted by atomic mass is 10.2. The molecule has 0 spiro atoms. The van der Waals surface area contributed by atoms with E-state index in [9.17, 15) is 4.79 Å². The highest BCUT2D eigenvalue weighted by Gasteiger charge is 2.05. The summed E-state index contributed by atoms with van der Waals surface area (Å²) in [5.41, 5.74) is 0. The molecule has 0 aliphatic heterocycles. The molecule has 0 aliphatic rings. The maximum atomic E-state index is 10.2. The van der Waals surface area contributed by atoms with Gasteiger partial charge in [-0.25, -0.2) is 4.79 Å². The van der Waals surface area contributed by atoms with Crippen molar-refractivity contribution in [3.8, 4) is 5.75 Å². The van der Waals surface area contributed by atoms with Gasteiger partial charge in [0.1, 0.15) is 5.75 Å². The molecular formula is C11H14ClNO3. The predicted molar refractivity (Wildman–Crippen MR) is 62.2 cm³/mol. The van der Waals surface area contributed by atoms with Gasteiger partial charge in [-0.1, -0.05) is 17.7 Å². The number of carbonyl (C=O) groups is 1. The van der Waals surface area contributed by atoms with Gasteiger partial charge in [0.15, 0.2) is 0 Å². The quantitative estimate of drug-likeness (QED) is 0.836. The maximum Gasteiger partial charge on any atom is 0.404 e. The minimum Gasteiger partial charge on any atom is -0.491 e. The Labute approximate surface area is 99.2 Å². The van der Waals surface area contributed by atoms with E-state index in [0.29, 0.717) is 23.7 Å². The highest BCUT2D eigenvalue weighted by Crippen LogP contribution is 2.18. The summed E-state index contributed by atoms with van der Waals surface area (Å²) in [7, 11) is 0. The molecule has 16 heavy (non-hydrogen) atoms. The molecule has 0 radical (unpaired) electrons. The molecule has 0 saturated carbocycles. The Hall–Kier alpha value is -1.42. The normalized spacial score (nSPS) is 11.9. The van der Waals surface area contributed by atoms with Crippen LogP contribution in [-0.2, 0) is 0 Å². The van der Waals surface area contributed by atoms with Gasteiger partial charge in [0, 0.05) is 18.0 Å². The summed E-state index contributed by atoms with van der Waals surface area (Å²) in [6.07, 6.45) is -0.473. The van der Waals surface area contributed by atoms with Gasteiger partial charge in [0.05, 0.1) is 6.10 Å². The summed E-state index contributed by atoms with van der Waals surface area (Å²) in [6.45, 7) is 2.25. The van der Waals surface area contributed by atoms with Crippen LogP contribution in [-0.4, -0.2) is 23.8 Å². The van der Waals surface area contributed by atoms with E-state index >= 15 is 0 Å². The topological polar surface area (TPSA) is 58.6 Å². The molecule has 0 fully saturated rings. The number of ether oxygens (including phenoxy) is 1. The third-order valence-electron chi connectivity index (χ3n) is 1.96. The molecule has 1 unspecified atom stereocenters. The largest absolute Gasteiger partial charge is 0.491 e.